The van der Waals surface area contributed by atoms with Crippen LogP contribution >= 0.6 is 15.9 Å². The molecule has 1 saturated carbocycles. The van der Waals surface area contributed by atoms with Crippen molar-refractivity contribution in [3.63, 3.8) is 0 Å². The molecule has 5 heteroatoms. The maximum Gasteiger partial charge on any atom is 0.222 e. The number of aliphatic hydroxyl groups is 1. The molecular weight excluding hydrogens is 258 g/mol. The summed E-state index contributed by atoms with van der Waals surface area (Å²) in [5, 5.41) is 12.4. The third-order valence-corrected chi connectivity index (χ3v) is 3.24. The minimum absolute atomic E-state index is 0.244. The molecule has 2 unspecified atom stereocenters. The second-order valence-corrected chi connectivity index (χ2v) is 4.76. The number of aliphatic hydroxyl groups excluding tert-OH is 1. The summed E-state index contributed by atoms with van der Waals surface area (Å²) >= 11 is 3.29. The van der Waals surface area contributed by atoms with Crippen LogP contribution in [0.1, 0.15) is 19.3 Å². The molecule has 15 heavy (non-hydrogen) atoms. The lowest BCUT2D eigenvalue weighted by Crippen LogP contribution is -2.27. The Labute approximate surface area is 97.3 Å². The Morgan fingerprint density at radius 3 is 2.80 bits per heavy atom. The Hall–Kier alpha value is -0.680. The van der Waals surface area contributed by atoms with Crippen molar-refractivity contribution in [2.45, 2.75) is 25.3 Å². The molecule has 0 bridgehead atoms. The SMILES string of the molecule is OCC1CCCC1Nc1ncc(Br)cn1. The van der Waals surface area contributed by atoms with E-state index in [9.17, 15) is 5.11 Å². The van der Waals surface area contributed by atoms with Crippen molar-refractivity contribution >= 4 is 21.9 Å². The van der Waals surface area contributed by atoms with Gasteiger partial charge in [0.2, 0.25) is 5.95 Å². The van der Waals surface area contributed by atoms with Crippen LogP contribution in [0.4, 0.5) is 5.95 Å². The molecule has 0 spiro atoms. The molecule has 1 aromatic rings. The highest BCUT2D eigenvalue weighted by molar-refractivity contribution is 9.10. The first-order chi connectivity index (χ1) is 7.29. The maximum absolute atomic E-state index is 9.17. The summed E-state index contributed by atoms with van der Waals surface area (Å²) < 4.78 is 0.873. The van der Waals surface area contributed by atoms with Crippen molar-refractivity contribution in [3.05, 3.63) is 16.9 Å². The molecule has 0 aromatic carbocycles. The van der Waals surface area contributed by atoms with Gasteiger partial charge in [0.05, 0.1) is 4.47 Å². The second-order valence-electron chi connectivity index (χ2n) is 3.85. The molecule has 1 aliphatic rings. The summed E-state index contributed by atoms with van der Waals surface area (Å²) in [4.78, 5) is 8.32. The van der Waals surface area contributed by atoms with Gasteiger partial charge < -0.3 is 10.4 Å². The van der Waals surface area contributed by atoms with Gasteiger partial charge in [-0.15, -0.1) is 0 Å². The first-order valence-corrected chi connectivity index (χ1v) is 5.94. The molecule has 1 aliphatic carbocycles. The quantitative estimate of drug-likeness (QED) is 0.881. The van der Waals surface area contributed by atoms with Crippen LogP contribution in [0.5, 0.6) is 0 Å². The van der Waals surface area contributed by atoms with Crippen molar-refractivity contribution < 1.29 is 5.11 Å². The van der Waals surface area contributed by atoms with Crippen LogP contribution in [0.25, 0.3) is 0 Å². The average Bonchev–Trinajstić information content (AvgIpc) is 2.69. The zero-order valence-electron chi connectivity index (χ0n) is 8.36. The van der Waals surface area contributed by atoms with Crippen molar-refractivity contribution in [3.8, 4) is 0 Å². The van der Waals surface area contributed by atoms with E-state index < -0.39 is 0 Å². The van der Waals surface area contributed by atoms with Crippen LogP contribution in [-0.4, -0.2) is 27.7 Å². The number of halogens is 1. The Morgan fingerprint density at radius 1 is 1.40 bits per heavy atom. The van der Waals surface area contributed by atoms with E-state index in [-0.39, 0.29) is 6.61 Å². The molecule has 0 amide bonds. The molecule has 82 valence electrons. The molecular formula is C10H14BrN3O. The summed E-state index contributed by atoms with van der Waals surface area (Å²) in [5.41, 5.74) is 0. The minimum Gasteiger partial charge on any atom is -0.396 e. The second kappa shape index (κ2) is 4.90. The molecule has 4 nitrogen and oxygen atoms in total. The molecule has 2 N–H and O–H groups in total. The van der Waals surface area contributed by atoms with E-state index in [1.165, 1.54) is 6.42 Å². The third-order valence-electron chi connectivity index (χ3n) is 2.83. The topological polar surface area (TPSA) is 58.0 Å². The number of aromatic nitrogens is 2. The highest BCUT2D eigenvalue weighted by Crippen LogP contribution is 2.27. The summed E-state index contributed by atoms with van der Waals surface area (Å²) in [6, 6.07) is 0.316. The highest BCUT2D eigenvalue weighted by atomic mass is 79.9. The first kappa shape index (κ1) is 10.8. The fraction of sp³-hybridized carbons (Fsp3) is 0.600. The van der Waals surface area contributed by atoms with E-state index in [1.54, 1.807) is 12.4 Å². The van der Waals surface area contributed by atoms with Gasteiger partial charge in [-0.05, 0) is 28.8 Å². The van der Waals surface area contributed by atoms with E-state index in [0.717, 1.165) is 17.3 Å². The molecule has 0 aliphatic heterocycles. The Kier molecular flexibility index (Phi) is 3.53. The number of rotatable bonds is 3. The van der Waals surface area contributed by atoms with Crippen LogP contribution in [0.15, 0.2) is 16.9 Å². The Balaban J connectivity index is 1.99. The van der Waals surface area contributed by atoms with Gasteiger partial charge in [0.25, 0.3) is 0 Å². The summed E-state index contributed by atoms with van der Waals surface area (Å²) in [5.74, 6) is 0.987. The van der Waals surface area contributed by atoms with Crippen LogP contribution < -0.4 is 5.32 Å². The van der Waals surface area contributed by atoms with Gasteiger partial charge in [-0.25, -0.2) is 9.97 Å². The van der Waals surface area contributed by atoms with Gasteiger partial charge in [-0.1, -0.05) is 6.42 Å². The summed E-state index contributed by atoms with van der Waals surface area (Å²) in [7, 11) is 0. The van der Waals surface area contributed by atoms with Gasteiger partial charge in [-0.3, -0.25) is 0 Å². The van der Waals surface area contributed by atoms with Gasteiger partial charge in [0.15, 0.2) is 0 Å². The van der Waals surface area contributed by atoms with Gasteiger partial charge >= 0.3 is 0 Å². The predicted molar refractivity (Wildman–Crippen MR) is 61.6 cm³/mol. The van der Waals surface area contributed by atoms with Gasteiger partial charge in [0.1, 0.15) is 0 Å². The molecule has 1 aromatic heterocycles. The number of hydrogen-bond donors (Lipinski definition) is 2. The van der Waals surface area contributed by atoms with E-state index in [4.69, 9.17) is 0 Å². The Bertz CT molecular complexity index is 317. The van der Waals surface area contributed by atoms with E-state index >= 15 is 0 Å². The fourth-order valence-corrected chi connectivity index (χ4v) is 2.20. The third kappa shape index (κ3) is 2.66. The number of nitrogens with one attached hydrogen (secondary N) is 1. The van der Waals surface area contributed by atoms with Crippen molar-refractivity contribution in [1.82, 2.24) is 9.97 Å². The van der Waals surface area contributed by atoms with Crippen molar-refractivity contribution in [1.29, 1.82) is 0 Å². The normalized spacial score (nSPS) is 25.5. The van der Waals surface area contributed by atoms with Crippen molar-refractivity contribution in [2.75, 3.05) is 11.9 Å². The molecule has 1 fully saturated rings. The van der Waals surface area contributed by atoms with E-state index in [1.807, 2.05) is 0 Å². The lowest BCUT2D eigenvalue weighted by Gasteiger charge is -2.18. The van der Waals surface area contributed by atoms with Gasteiger partial charge in [0, 0.05) is 31.0 Å². The monoisotopic (exact) mass is 271 g/mol. The first-order valence-electron chi connectivity index (χ1n) is 5.14. The average molecular weight is 272 g/mol. The van der Waals surface area contributed by atoms with Crippen LogP contribution in [0.3, 0.4) is 0 Å². The molecule has 1 heterocycles. The number of anilines is 1. The molecule has 2 atom stereocenters. The lowest BCUT2D eigenvalue weighted by molar-refractivity contribution is 0.222. The van der Waals surface area contributed by atoms with Crippen LogP contribution in [0.2, 0.25) is 0 Å². The van der Waals surface area contributed by atoms with Gasteiger partial charge in [-0.2, -0.15) is 0 Å². The van der Waals surface area contributed by atoms with Crippen LogP contribution in [-0.2, 0) is 0 Å². The van der Waals surface area contributed by atoms with E-state index in [0.29, 0.717) is 17.9 Å². The standard InChI is InChI=1S/C10H14BrN3O/c11-8-4-12-10(13-5-8)14-9-3-1-2-7(9)6-15/h4-5,7,9,15H,1-3,6H2,(H,12,13,14). The maximum atomic E-state index is 9.17. The zero-order valence-corrected chi connectivity index (χ0v) is 9.94. The minimum atomic E-state index is 0.244. The van der Waals surface area contributed by atoms with E-state index in [2.05, 4.69) is 31.2 Å². The van der Waals surface area contributed by atoms with Crippen molar-refractivity contribution in [2.24, 2.45) is 5.92 Å². The molecule has 0 saturated heterocycles. The fourth-order valence-electron chi connectivity index (χ4n) is 2.00. The Morgan fingerprint density at radius 2 is 2.13 bits per heavy atom. The molecule has 0 radical (unpaired) electrons. The number of nitrogens with zero attached hydrogens (tertiary/aromatic N) is 2. The zero-order chi connectivity index (χ0) is 10.7. The summed E-state index contributed by atoms with van der Waals surface area (Å²) in [6.07, 6.45) is 6.78. The summed E-state index contributed by atoms with van der Waals surface area (Å²) in [6.45, 7) is 0.244. The largest absolute Gasteiger partial charge is 0.396 e. The van der Waals surface area contributed by atoms with Crippen LogP contribution in [0, 0.1) is 5.92 Å². The smallest absolute Gasteiger partial charge is 0.222 e. The number of hydrogen-bond acceptors (Lipinski definition) is 4. The molecule has 2 rings (SSSR count). The lowest BCUT2D eigenvalue weighted by atomic mass is 10.1. The predicted octanol–water partition coefficient (Wildman–Crippen LogP) is 1.81. The highest BCUT2D eigenvalue weighted by Gasteiger charge is 2.26.